The van der Waals surface area contributed by atoms with Crippen molar-refractivity contribution in [1.82, 2.24) is 0 Å². The lowest BCUT2D eigenvalue weighted by Crippen LogP contribution is -2.17. The van der Waals surface area contributed by atoms with Gasteiger partial charge in [-0.2, -0.15) is 0 Å². The summed E-state index contributed by atoms with van der Waals surface area (Å²) < 4.78 is 0. The summed E-state index contributed by atoms with van der Waals surface area (Å²) in [6.07, 6.45) is 1.71. The molecule has 0 aromatic heterocycles. The molecule has 122 valence electrons. The summed E-state index contributed by atoms with van der Waals surface area (Å²) in [4.78, 5) is 4.47. The van der Waals surface area contributed by atoms with Crippen molar-refractivity contribution in [2.75, 3.05) is 5.32 Å². The number of aryl methyl sites for hydroxylation is 1. The van der Waals surface area contributed by atoms with E-state index < -0.39 is 0 Å². The molecular weight excluding hydrogens is 318 g/mol. The highest BCUT2D eigenvalue weighted by atomic mass is 35.5. The standard InChI is InChI=1S/C20H20ClN3/c1-13(23-17-6-4-3-5-7-17)20-18-10-9-16(21)12-15(18)8-11-19(20)24-14(2)22/h3-7,9-10,12,23H,2,8,11,22H2,1H3/b20-13+,24-19-. The fraction of sp³-hybridized carbons (Fsp3) is 0.150. The molecule has 3 nitrogen and oxygen atoms in total. The lowest BCUT2D eigenvalue weighted by molar-refractivity contribution is 1.01. The van der Waals surface area contributed by atoms with E-state index in [1.165, 1.54) is 5.56 Å². The molecule has 0 bridgehead atoms. The molecule has 0 unspecified atom stereocenters. The molecule has 1 aliphatic rings. The molecule has 0 amide bonds. The predicted molar refractivity (Wildman–Crippen MR) is 103 cm³/mol. The molecule has 3 N–H and O–H groups in total. The first-order valence-electron chi connectivity index (χ1n) is 7.88. The highest BCUT2D eigenvalue weighted by Gasteiger charge is 2.22. The van der Waals surface area contributed by atoms with Crippen LogP contribution in [0.2, 0.25) is 5.02 Å². The number of rotatable bonds is 3. The van der Waals surface area contributed by atoms with Crippen LogP contribution in [-0.4, -0.2) is 5.71 Å². The van der Waals surface area contributed by atoms with E-state index >= 15 is 0 Å². The molecule has 2 aromatic carbocycles. The average Bonchev–Trinajstić information content (AvgIpc) is 2.55. The Labute approximate surface area is 147 Å². The maximum absolute atomic E-state index is 6.16. The summed E-state index contributed by atoms with van der Waals surface area (Å²) >= 11 is 6.16. The number of hydrogen-bond donors (Lipinski definition) is 2. The third-order valence-electron chi connectivity index (χ3n) is 4.02. The zero-order valence-electron chi connectivity index (χ0n) is 13.6. The second-order valence-corrected chi connectivity index (χ2v) is 6.28. The van der Waals surface area contributed by atoms with Crippen LogP contribution in [0.3, 0.4) is 0 Å². The number of anilines is 1. The van der Waals surface area contributed by atoms with Gasteiger partial charge in [-0.15, -0.1) is 0 Å². The Balaban J connectivity index is 2.11. The van der Waals surface area contributed by atoms with Gasteiger partial charge >= 0.3 is 0 Å². The van der Waals surface area contributed by atoms with Crippen LogP contribution in [0.5, 0.6) is 0 Å². The number of halogens is 1. The quantitative estimate of drug-likeness (QED) is 0.828. The number of aliphatic imine (C=N–C) groups is 1. The van der Waals surface area contributed by atoms with E-state index in [0.29, 0.717) is 5.82 Å². The summed E-state index contributed by atoms with van der Waals surface area (Å²) in [5.74, 6) is 0.326. The summed E-state index contributed by atoms with van der Waals surface area (Å²) in [7, 11) is 0. The minimum atomic E-state index is 0.326. The van der Waals surface area contributed by atoms with Crippen molar-refractivity contribution < 1.29 is 0 Å². The molecular formula is C20H20ClN3. The number of nitrogens with one attached hydrogen (secondary N) is 1. The van der Waals surface area contributed by atoms with Gasteiger partial charge < -0.3 is 11.1 Å². The molecule has 0 heterocycles. The Morgan fingerprint density at radius 1 is 1.17 bits per heavy atom. The summed E-state index contributed by atoms with van der Waals surface area (Å²) in [5.41, 5.74) is 12.2. The van der Waals surface area contributed by atoms with Gasteiger partial charge in [0.2, 0.25) is 0 Å². The highest BCUT2D eigenvalue weighted by Crippen LogP contribution is 2.33. The molecule has 1 aliphatic carbocycles. The summed E-state index contributed by atoms with van der Waals surface area (Å²) in [6.45, 7) is 5.78. The number of fused-ring (bicyclic) bond motifs is 1. The van der Waals surface area contributed by atoms with Crippen LogP contribution < -0.4 is 11.1 Å². The van der Waals surface area contributed by atoms with Crippen LogP contribution in [0.15, 0.2) is 71.6 Å². The largest absolute Gasteiger partial charge is 0.384 e. The van der Waals surface area contributed by atoms with Crippen molar-refractivity contribution in [3.05, 3.63) is 82.8 Å². The van der Waals surface area contributed by atoms with Gasteiger partial charge in [0.25, 0.3) is 0 Å². The summed E-state index contributed by atoms with van der Waals surface area (Å²) in [6, 6.07) is 16.1. The average molecular weight is 338 g/mol. The van der Waals surface area contributed by atoms with Gasteiger partial charge in [-0.1, -0.05) is 42.4 Å². The number of nitrogens with zero attached hydrogens (tertiary/aromatic N) is 1. The maximum Gasteiger partial charge on any atom is 0.116 e. The number of allylic oxidation sites excluding steroid dienone is 2. The second-order valence-electron chi connectivity index (χ2n) is 5.84. The van der Waals surface area contributed by atoms with Crippen LogP contribution in [0.25, 0.3) is 5.57 Å². The van der Waals surface area contributed by atoms with Gasteiger partial charge in [-0.3, -0.25) is 0 Å². The lowest BCUT2D eigenvalue weighted by Gasteiger charge is -2.24. The third kappa shape index (κ3) is 3.52. The van der Waals surface area contributed by atoms with E-state index in [2.05, 4.69) is 29.9 Å². The smallest absolute Gasteiger partial charge is 0.116 e. The minimum absolute atomic E-state index is 0.326. The third-order valence-corrected chi connectivity index (χ3v) is 4.25. The monoisotopic (exact) mass is 337 g/mol. The Hall–Kier alpha value is -2.52. The molecule has 0 aliphatic heterocycles. The topological polar surface area (TPSA) is 50.4 Å². The van der Waals surface area contributed by atoms with E-state index in [9.17, 15) is 0 Å². The second kappa shape index (κ2) is 6.93. The van der Waals surface area contributed by atoms with Gasteiger partial charge in [0.1, 0.15) is 5.82 Å². The molecule has 0 atom stereocenters. The van der Waals surface area contributed by atoms with Crippen molar-refractivity contribution in [2.45, 2.75) is 19.8 Å². The fourth-order valence-corrected chi connectivity index (χ4v) is 3.25. The lowest BCUT2D eigenvalue weighted by atomic mass is 9.84. The van der Waals surface area contributed by atoms with E-state index in [-0.39, 0.29) is 0 Å². The van der Waals surface area contributed by atoms with Crippen LogP contribution in [0.4, 0.5) is 5.69 Å². The Kier molecular flexibility index (Phi) is 4.72. The molecule has 4 heteroatoms. The summed E-state index contributed by atoms with van der Waals surface area (Å²) in [5, 5.41) is 4.22. The number of nitrogens with two attached hydrogens (primary N) is 1. The van der Waals surface area contributed by atoms with Gasteiger partial charge in [-0.25, -0.2) is 4.99 Å². The Morgan fingerprint density at radius 2 is 1.92 bits per heavy atom. The number of para-hydroxylation sites is 1. The molecule has 0 fully saturated rings. The van der Waals surface area contributed by atoms with Crippen LogP contribution >= 0.6 is 11.6 Å². The van der Waals surface area contributed by atoms with Crippen LogP contribution in [-0.2, 0) is 6.42 Å². The molecule has 0 saturated heterocycles. The molecule has 2 aromatic rings. The van der Waals surface area contributed by atoms with Crippen molar-refractivity contribution >= 4 is 28.6 Å². The van der Waals surface area contributed by atoms with Gasteiger partial charge in [-0.05, 0) is 55.2 Å². The zero-order valence-corrected chi connectivity index (χ0v) is 14.4. The highest BCUT2D eigenvalue weighted by molar-refractivity contribution is 6.31. The Bertz CT molecular complexity index is 835. The molecule has 3 rings (SSSR count). The Morgan fingerprint density at radius 3 is 2.62 bits per heavy atom. The molecule has 0 saturated carbocycles. The SMILES string of the molecule is C=C(N)/N=C1/CCc2cc(Cl)ccc2/C1=C(/C)Nc1ccccc1. The van der Waals surface area contributed by atoms with Crippen LogP contribution in [0.1, 0.15) is 24.5 Å². The van der Waals surface area contributed by atoms with E-state index in [1.807, 2.05) is 42.5 Å². The number of benzene rings is 2. The predicted octanol–water partition coefficient (Wildman–Crippen LogP) is 5.00. The van der Waals surface area contributed by atoms with Gasteiger partial charge in [0, 0.05) is 22.0 Å². The van der Waals surface area contributed by atoms with Gasteiger partial charge in [0.05, 0.1) is 5.71 Å². The molecule has 0 spiro atoms. The van der Waals surface area contributed by atoms with Crippen molar-refractivity contribution in [1.29, 1.82) is 0 Å². The molecule has 24 heavy (non-hydrogen) atoms. The van der Waals surface area contributed by atoms with Gasteiger partial charge in [0.15, 0.2) is 0 Å². The van der Waals surface area contributed by atoms with E-state index in [4.69, 9.17) is 17.3 Å². The molecule has 0 radical (unpaired) electrons. The minimum Gasteiger partial charge on any atom is -0.384 e. The van der Waals surface area contributed by atoms with E-state index in [0.717, 1.165) is 46.1 Å². The zero-order chi connectivity index (χ0) is 17.1. The maximum atomic E-state index is 6.16. The first-order valence-corrected chi connectivity index (χ1v) is 8.26. The number of hydrogen-bond acceptors (Lipinski definition) is 3. The van der Waals surface area contributed by atoms with Crippen LogP contribution in [0, 0.1) is 0 Å². The van der Waals surface area contributed by atoms with E-state index in [1.54, 1.807) is 0 Å². The fourth-order valence-electron chi connectivity index (χ4n) is 3.05. The normalized spacial score (nSPS) is 17.3. The first-order chi connectivity index (χ1) is 11.5. The first kappa shape index (κ1) is 16.3. The van der Waals surface area contributed by atoms with Crippen molar-refractivity contribution in [2.24, 2.45) is 10.7 Å². The van der Waals surface area contributed by atoms with Crippen molar-refractivity contribution in [3.8, 4) is 0 Å². The van der Waals surface area contributed by atoms with Crippen molar-refractivity contribution in [3.63, 3.8) is 0 Å².